The lowest BCUT2D eigenvalue weighted by Crippen LogP contribution is -2.01. The van der Waals surface area contributed by atoms with Crippen LogP contribution in [-0.2, 0) is 0 Å². The van der Waals surface area contributed by atoms with Crippen LogP contribution >= 0.6 is 11.3 Å². The largest absolute Gasteiger partial charge is 0.309 e. The minimum atomic E-state index is -0.162. The van der Waals surface area contributed by atoms with E-state index in [2.05, 4.69) is 48.5 Å². The van der Waals surface area contributed by atoms with E-state index in [-0.39, 0.29) is 47.0 Å². The molecule has 0 bridgehead atoms. The smallest absolute Gasteiger partial charge is 0.164 e. The molecule has 5 heteroatoms. The molecule has 56 heavy (non-hydrogen) atoms. The minimum Gasteiger partial charge on any atom is -0.309 e. The van der Waals surface area contributed by atoms with Crippen molar-refractivity contribution >= 4 is 53.3 Å². The van der Waals surface area contributed by atoms with Crippen LogP contribution in [-0.4, -0.2) is 19.5 Å². The molecule has 3 aromatic heterocycles. The van der Waals surface area contributed by atoms with Crippen molar-refractivity contribution in [3.63, 3.8) is 0 Å². The molecule has 3 heterocycles. The number of aromatic nitrogens is 4. The predicted molar refractivity (Wildman–Crippen MR) is 234 cm³/mol. The van der Waals surface area contributed by atoms with Crippen molar-refractivity contribution < 1.29 is 8.22 Å². The molecule has 0 fully saturated rings. The van der Waals surface area contributed by atoms with Gasteiger partial charge in [-0.15, -0.1) is 11.3 Å². The Bertz CT molecular complexity index is 3480. The average Bonchev–Trinajstić information content (AvgIpc) is 3.88. The molecule has 0 radical (unpaired) electrons. The second-order valence-corrected chi connectivity index (χ2v) is 14.6. The van der Waals surface area contributed by atoms with Gasteiger partial charge in [-0.25, -0.2) is 15.0 Å². The Kier molecular flexibility index (Phi) is 6.29. The summed E-state index contributed by atoms with van der Waals surface area (Å²) in [6.07, 6.45) is 0. The molecule has 0 saturated carbocycles. The fraction of sp³-hybridized carbons (Fsp3) is 0. The van der Waals surface area contributed by atoms with Gasteiger partial charge in [-0.1, -0.05) is 158 Å². The summed E-state index contributed by atoms with van der Waals surface area (Å²) in [4.78, 5) is 14.9. The van der Waals surface area contributed by atoms with Gasteiger partial charge in [0.25, 0.3) is 0 Å². The fourth-order valence-electron chi connectivity index (χ4n) is 7.62. The van der Waals surface area contributed by atoms with Crippen LogP contribution < -0.4 is 0 Å². The van der Waals surface area contributed by atoms with Crippen molar-refractivity contribution in [1.82, 2.24) is 19.5 Å². The van der Waals surface area contributed by atoms with E-state index < -0.39 is 0 Å². The molecule has 0 unspecified atom stereocenters. The van der Waals surface area contributed by atoms with Crippen molar-refractivity contribution in [2.24, 2.45) is 0 Å². The first-order valence-corrected chi connectivity index (χ1v) is 19.1. The van der Waals surface area contributed by atoms with Crippen LogP contribution in [0.5, 0.6) is 0 Å². The Hall–Kier alpha value is -7.21. The predicted octanol–water partition coefficient (Wildman–Crippen LogP) is 13.7. The van der Waals surface area contributed by atoms with Gasteiger partial charge in [-0.2, -0.15) is 0 Å². The number of para-hydroxylation sites is 2. The van der Waals surface area contributed by atoms with E-state index in [0.717, 1.165) is 49.0 Å². The maximum atomic E-state index is 9.23. The third kappa shape index (κ3) is 5.40. The second-order valence-electron chi connectivity index (χ2n) is 13.5. The molecule has 0 aliphatic heterocycles. The topological polar surface area (TPSA) is 43.6 Å². The lowest BCUT2D eigenvalue weighted by molar-refractivity contribution is 1.07. The van der Waals surface area contributed by atoms with Gasteiger partial charge in [0.1, 0.15) is 0 Å². The van der Waals surface area contributed by atoms with Crippen LogP contribution in [0.15, 0.2) is 194 Å². The fourth-order valence-corrected chi connectivity index (χ4v) is 8.86. The number of rotatable bonds is 6. The van der Waals surface area contributed by atoms with Gasteiger partial charge in [-0.05, 0) is 53.0 Å². The van der Waals surface area contributed by atoms with Crippen molar-refractivity contribution in [1.29, 1.82) is 0 Å². The summed E-state index contributed by atoms with van der Waals surface area (Å²) in [6.45, 7) is 0. The van der Waals surface area contributed by atoms with Gasteiger partial charge in [0.2, 0.25) is 0 Å². The van der Waals surface area contributed by atoms with Gasteiger partial charge in [0.15, 0.2) is 17.5 Å². The summed E-state index contributed by atoms with van der Waals surface area (Å²) in [5.41, 5.74) is 7.20. The first kappa shape index (κ1) is 26.5. The van der Waals surface area contributed by atoms with Crippen LogP contribution in [0.2, 0.25) is 0 Å². The highest BCUT2D eigenvalue weighted by atomic mass is 32.1. The number of fused-ring (bicyclic) bond motifs is 6. The Morgan fingerprint density at radius 1 is 0.411 bits per heavy atom. The highest BCUT2D eigenvalue weighted by molar-refractivity contribution is 7.26. The van der Waals surface area contributed by atoms with Gasteiger partial charge in [-0.3, -0.25) is 0 Å². The molecule has 4 nitrogen and oxygen atoms in total. The molecule has 0 aliphatic carbocycles. The Labute approximate surface area is 336 Å². The van der Waals surface area contributed by atoms with E-state index in [1.807, 2.05) is 97.1 Å². The molecule has 0 N–H and O–H groups in total. The molecule has 0 atom stereocenters. The molecule has 8 aromatic carbocycles. The summed E-state index contributed by atoms with van der Waals surface area (Å²) in [6, 6.07) is 50.5. The maximum Gasteiger partial charge on any atom is 0.164 e. The monoisotopic (exact) mass is 738 g/mol. The molecule has 0 saturated heterocycles. The van der Waals surface area contributed by atoms with Gasteiger partial charge in [0, 0.05) is 53.2 Å². The van der Waals surface area contributed by atoms with E-state index in [4.69, 9.17) is 20.4 Å². The second kappa shape index (κ2) is 13.3. The lowest BCUT2D eigenvalue weighted by Gasteiger charge is -2.17. The van der Waals surface area contributed by atoms with E-state index in [9.17, 15) is 2.74 Å². The first-order chi connectivity index (χ1) is 30.2. The summed E-state index contributed by atoms with van der Waals surface area (Å²) in [5, 5.41) is 2.77. The number of hydrogen-bond acceptors (Lipinski definition) is 4. The minimum absolute atomic E-state index is 0.0200. The van der Waals surface area contributed by atoms with Gasteiger partial charge >= 0.3 is 0 Å². The van der Waals surface area contributed by atoms with Crippen molar-refractivity contribution in [3.8, 4) is 62.1 Å². The van der Waals surface area contributed by atoms with E-state index in [0.29, 0.717) is 34.2 Å². The SMILES string of the molecule is [2H]c1cc([2H])c2c(c1[2H])c1c([2H])c([2H])cc([2H])c1n2-c1ccc(-c2cccc3c2sc2ccccc23)cc1-c1cccc(-c2nc(-c3ccccc3)nc(-c3ccccc3)n2)c1. The van der Waals surface area contributed by atoms with Crippen LogP contribution in [0.25, 0.3) is 104 Å². The average molecular weight is 739 g/mol. The van der Waals surface area contributed by atoms with Crippen molar-refractivity contribution in [3.05, 3.63) is 194 Å². The Morgan fingerprint density at radius 3 is 1.66 bits per heavy atom. The number of hydrogen-bond donors (Lipinski definition) is 0. The zero-order valence-corrected chi connectivity index (χ0v) is 30.5. The van der Waals surface area contributed by atoms with E-state index >= 15 is 0 Å². The summed E-state index contributed by atoms with van der Waals surface area (Å²) < 4.78 is 57.8. The Balaban J connectivity index is 1.20. The summed E-state index contributed by atoms with van der Waals surface area (Å²) in [7, 11) is 0. The Morgan fingerprint density at radius 2 is 0.964 bits per heavy atom. The highest BCUT2D eigenvalue weighted by Gasteiger charge is 2.19. The standard InChI is InChI=1S/C51H32N4S/c1-3-15-33(16-4-1)49-52-50(34-17-5-2-6-18-34)54-51(53-49)37-20-13-19-35(31-37)43-32-36(38-24-14-25-42-41-23-9-12-28-47(41)56-48(38)42)29-30-46(43)55-44-26-10-7-21-39(44)40-22-8-11-27-45(40)55/h1-32H/i7D,8D,21D,22D,26D,27D. The van der Waals surface area contributed by atoms with E-state index in [1.54, 1.807) is 15.9 Å². The van der Waals surface area contributed by atoms with Gasteiger partial charge in [0.05, 0.1) is 24.9 Å². The van der Waals surface area contributed by atoms with Crippen LogP contribution in [0, 0.1) is 0 Å². The molecule has 11 aromatic rings. The highest BCUT2D eigenvalue weighted by Crippen LogP contribution is 2.43. The van der Waals surface area contributed by atoms with E-state index in [1.165, 1.54) is 22.2 Å². The first-order valence-electron chi connectivity index (χ1n) is 21.3. The molecular weight excluding hydrogens is 701 g/mol. The zero-order valence-electron chi connectivity index (χ0n) is 35.7. The third-order valence-electron chi connectivity index (χ3n) is 10.2. The summed E-state index contributed by atoms with van der Waals surface area (Å²) in [5.74, 6) is 1.56. The molecular formula is C51H32N4S. The molecule has 0 aliphatic rings. The number of thiophene rings is 1. The molecule has 262 valence electrons. The quantitative estimate of drug-likeness (QED) is 0.171. The molecule has 0 amide bonds. The molecule has 0 spiro atoms. The van der Waals surface area contributed by atoms with Crippen LogP contribution in [0.1, 0.15) is 8.22 Å². The third-order valence-corrected chi connectivity index (χ3v) is 11.4. The van der Waals surface area contributed by atoms with Crippen LogP contribution in [0.4, 0.5) is 0 Å². The van der Waals surface area contributed by atoms with Crippen LogP contribution in [0.3, 0.4) is 0 Å². The molecule has 11 rings (SSSR count). The van der Waals surface area contributed by atoms with Crippen molar-refractivity contribution in [2.75, 3.05) is 0 Å². The van der Waals surface area contributed by atoms with Gasteiger partial charge < -0.3 is 4.57 Å². The van der Waals surface area contributed by atoms with Crippen molar-refractivity contribution in [2.45, 2.75) is 0 Å². The number of benzene rings is 8. The number of nitrogens with zero attached hydrogens (tertiary/aromatic N) is 4. The zero-order chi connectivity index (χ0) is 42.2. The summed E-state index contributed by atoms with van der Waals surface area (Å²) >= 11 is 1.74. The lowest BCUT2D eigenvalue weighted by atomic mass is 9.95. The maximum absolute atomic E-state index is 9.23. The normalized spacial score (nSPS) is 13.1.